The van der Waals surface area contributed by atoms with Crippen molar-refractivity contribution in [3.63, 3.8) is 0 Å². The molecule has 1 amide bonds. The Morgan fingerprint density at radius 3 is 2.65 bits per heavy atom. The van der Waals surface area contributed by atoms with Crippen LogP contribution in [0.3, 0.4) is 0 Å². The monoisotopic (exact) mass is 232 g/mol. The Morgan fingerprint density at radius 1 is 1.41 bits per heavy atom. The van der Waals surface area contributed by atoms with E-state index in [-0.39, 0.29) is 28.7 Å². The fourth-order valence-corrected chi connectivity index (χ4v) is 3.08. The second kappa shape index (κ2) is 3.43. The molecule has 1 fully saturated rings. The highest BCUT2D eigenvalue weighted by Crippen LogP contribution is 2.50. The number of allylic oxidation sites excluding steroid dienone is 1. The predicted octanol–water partition coefficient (Wildman–Crippen LogP) is 1.54. The number of nitrogens with zero attached hydrogens (tertiary/aromatic N) is 1. The molecule has 0 aromatic carbocycles. The van der Waals surface area contributed by atoms with E-state index < -0.39 is 5.41 Å². The molecule has 1 N–H and O–H groups in total. The van der Waals surface area contributed by atoms with E-state index in [1.165, 1.54) is 0 Å². The van der Waals surface area contributed by atoms with Gasteiger partial charge in [0, 0.05) is 18.4 Å². The van der Waals surface area contributed by atoms with Gasteiger partial charge in [-0.1, -0.05) is 26.8 Å². The van der Waals surface area contributed by atoms with E-state index in [4.69, 9.17) is 6.57 Å². The van der Waals surface area contributed by atoms with Crippen LogP contribution in [-0.4, -0.2) is 18.2 Å². The van der Waals surface area contributed by atoms with Crippen LogP contribution < -0.4 is 5.32 Å². The Morgan fingerprint density at radius 2 is 2.06 bits per heavy atom. The number of rotatable bonds is 0. The number of nitrogens with one attached hydrogen (secondary N) is 1. The number of ketones is 1. The lowest BCUT2D eigenvalue weighted by atomic mass is 9.56. The van der Waals surface area contributed by atoms with Gasteiger partial charge in [0.15, 0.2) is 5.78 Å². The van der Waals surface area contributed by atoms with Gasteiger partial charge in [0.2, 0.25) is 11.6 Å². The number of hydrogen-bond donors (Lipinski definition) is 1. The maximum absolute atomic E-state index is 12.2. The summed E-state index contributed by atoms with van der Waals surface area (Å²) in [6, 6.07) is 0. The minimum Gasteiger partial charge on any atom is -0.355 e. The Labute approximate surface area is 101 Å². The van der Waals surface area contributed by atoms with Crippen LogP contribution in [0.15, 0.2) is 11.8 Å². The first-order valence-corrected chi connectivity index (χ1v) is 5.73. The third-order valence-corrected chi connectivity index (χ3v) is 4.13. The van der Waals surface area contributed by atoms with E-state index >= 15 is 0 Å². The zero-order valence-electron chi connectivity index (χ0n) is 10.3. The van der Waals surface area contributed by atoms with Crippen molar-refractivity contribution in [2.45, 2.75) is 27.2 Å². The first-order chi connectivity index (χ1) is 7.81. The fraction of sp³-hybridized carbons (Fsp3) is 0.615. The molecule has 0 aromatic rings. The van der Waals surface area contributed by atoms with Crippen LogP contribution >= 0.6 is 0 Å². The number of carbonyl (C=O) groups excluding carboxylic acids is 2. The van der Waals surface area contributed by atoms with Gasteiger partial charge >= 0.3 is 0 Å². The summed E-state index contributed by atoms with van der Waals surface area (Å²) in [5.41, 5.74) is -0.711. The summed E-state index contributed by atoms with van der Waals surface area (Å²) < 4.78 is 0. The summed E-state index contributed by atoms with van der Waals surface area (Å²) >= 11 is 0. The van der Waals surface area contributed by atoms with Crippen LogP contribution in [0.25, 0.3) is 4.85 Å². The average Bonchev–Trinajstić information content (AvgIpc) is 2.27. The van der Waals surface area contributed by atoms with Crippen LogP contribution in [0, 0.1) is 23.3 Å². The molecule has 0 unspecified atom stereocenters. The number of Topliss-reactive ketones (excluding diaryl/α,β-unsaturated/α-hetero) is 1. The highest BCUT2D eigenvalue weighted by atomic mass is 16.2. The molecule has 2 atom stereocenters. The van der Waals surface area contributed by atoms with Crippen LogP contribution in [0.4, 0.5) is 0 Å². The number of amides is 1. The van der Waals surface area contributed by atoms with Crippen molar-refractivity contribution in [3.05, 3.63) is 23.2 Å². The maximum atomic E-state index is 12.2. The lowest BCUT2D eigenvalue weighted by Gasteiger charge is -2.50. The van der Waals surface area contributed by atoms with E-state index in [1.807, 2.05) is 20.8 Å². The molecule has 2 rings (SSSR count). The maximum Gasteiger partial charge on any atom is 0.226 e. The van der Waals surface area contributed by atoms with Gasteiger partial charge in [0.25, 0.3) is 0 Å². The van der Waals surface area contributed by atoms with Gasteiger partial charge in [-0.3, -0.25) is 4.79 Å². The quantitative estimate of drug-likeness (QED) is 0.644. The minimum atomic E-state index is -0.638. The summed E-state index contributed by atoms with van der Waals surface area (Å²) in [6.45, 7) is 13.3. The number of fused-ring (bicyclic) bond motifs is 1. The van der Waals surface area contributed by atoms with E-state index in [2.05, 4.69) is 10.2 Å². The summed E-state index contributed by atoms with van der Waals surface area (Å²) in [5.74, 6) is -0.167. The van der Waals surface area contributed by atoms with Crippen molar-refractivity contribution in [1.29, 1.82) is 0 Å². The zero-order valence-corrected chi connectivity index (χ0v) is 10.3. The molecule has 0 spiro atoms. The summed E-state index contributed by atoms with van der Waals surface area (Å²) in [6.07, 6.45) is 2.11. The Bertz CT molecular complexity index is 470. The SMILES string of the molecule is [C-]#[N+]C1=C[C@]2(C)CNC(=O)C[C@H]2C(C)(C)C1=O. The summed E-state index contributed by atoms with van der Waals surface area (Å²) in [7, 11) is 0. The van der Waals surface area contributed by atoms with Gasteiger partial charge in [0.05, 0.1) is 6.57 Å². The van der Waals surface area contributed by atoms with Crippen LogP contribution in [0.5, 0.6) is 0 Å². The second-order valence-corrected chi connectivity index (χ2v) is 5.73. The summed E-state index contributed by atoms with van der Waals surface area (Å²) in [4.78, 5) is 27.0. The Balaban J connectivity index is 2.55. The first kappa shape index (κ1) is 11.8. The van der Waals surface area contributed by atoms with Gasteiger partial charge in [-0.25, -0.2) is 4.85 Å². The molecule has 4 heteroatoms. The van der Waals surface area contributed by atoms with Crippen LogP contribution in [0.1, 0.15) is 27.2 Å². The number of piperidine rings is 1. The molecule has 4 nitrogen and oxygen atoms in total. The lowest BCUT2D eigenvalue weighted by Crippen LogP contribution is -2.56. The molecule has 90 valence electrons. The number of hydrogen-bond acceptors (Lipinski definition) is 2. The molecular formula is C13H16N2O2. The van der Waals surface area contributed by atoms with Crippen molar-refractivity contribution in [2.24, 2.45) is 16.7 Å². The standard InChI is InChI=1S/C13H16N2O2/c1-12(2)9-5-10(16)15-7-13(9,3)6-8(14-4)11(12)17/h6,9H,5,7H2,1-3H3,(H,15,16)/t9-,13+/m0/s1. The molecule has 1 heterocycles. The van der Waals surface area contributed by atoms with E-state index in [0.717, 1.165) is 0 Å². The topological polar surface area (TPSA) is 50.5 Å². The zero-order chi connectivity index (χ0) is 12.8. The molecule has 1 saturated heterocycles. The molecule has 1 aliphatic heterocycles. The van der Waals surface area contributed by atoms with E-state index in [9.17, 15) is 9.59 Å². The van der Waals surface area contributed by atoms with Gasteiger partial charge in [-0.05, 0) is 11.3 Å². The van der Waals surface area contributed by atoms with Crippen molar-refractivity contribution in [1.82, 2.24) is 5.32 Å². The largest absolute Gasteiger partial charge is 0.355 e. The first-order valence-electron chi connectivity index (χ1n) is 5.73. The molecule has 0 bridgehead atoms. The van der Waals surface area contributed by atoms with Gasteiger partial charge < -0.3 is 10.1 Å². The molecule has 1 aliphatic carbocycles. The van der Waals surface area contributed by atoms with Gasteiger partial charge in [-0.15, -0.1) is 0 Å². The van der Waals surface area contributed by atoms with Crippen LogP contribution in [0.2, 0.25) is 0 Å². The third kappa shape index (κ3) is 1.57. The van der Waals surface area contributed by atoms with Crippen molar-refractivity contribution in [3.8, 4) is 0 Å². The van der Waals surface area contributed by atoms with Gasteiger partial charge in [-0.2, -0.15) is 0 Å². The summed E-state index contributed by atoms with van der Waals surface area (Å²) in [5, 5.41) is 2.82. The fourth-order valence-electron chi connectivity index (χ4n) is 3.08. The Kier molecular flexibility index (Phi) is 2.39. The smallest absolute Gasteiger partial charge is 0.226 e. The Hall–Kier alpha value is -1.63. The van der Waals surface area contributed by atoms with Gasteiger partial charge in [0.1, 0.15) is 0 Å². The van der Waals surface area contributed by atoms with E-state index in [0.29, 0.717) is 13.0 Å². The highest BCUT2D eigenvalue weighted by Gasteiger charge is 2.53. The van der Waals surface area contributed by atoms with Crippen molar-refractivity contribution in [2.75, 3.05) is 6.54 Å². The van der Waals surface area contributed by atoms with Crippen molar-refractivity contribution < 1.29 is 9.59 Å². The molecular weight excluding hydrogens is 216 g/mol. The molecule has 2 aliphatic rings. The molecule has 0 aromatic heterocycles. The molecule has 0 saturated carbocycles. The second-order valence-electron chi connectivity index (χ2n) is 5.73. The predicted molar refractivity (Wildman–Crippen MR) is 62.7 cm³/mol. The minimum absolute atomic E-state index is 0.00647. The normalized spacial score (nSPS) is 35.4. The molecule has 17 heavy (non-hydrogen) atoms. The average molecular weight is 232 g/mol. The van der Waals surface area contributed by atoms with Crippen LogP contribution in [-0.2, 0) is 9.59 Å². The lowest BCUT2D eigenvalue weighted by molar-refractivity contribution is -0.136. The molecule has 0 radical (unpaired) electrons. The number of carbonyl (C=O) groups is 2. The van der Waals surface area contributed by atoms with E-state index in [1.54, 1.807) is 6.08 Å². The van der Waals surface area contributed by atoms with Crippen molar-refractivity contribution >= 4 is 11.7 Å². The highest BCUT2D eigenvalue weighted by molar-refractivity contribution is 6.02. The third-order valence-electron chi connectivity index (χ3n) is 4.13.